The van der Waals surface area contributed by atoms with E-state index >= 15 is 0 Å². The Morgan fingerprint density at radius 2 is 1.81 bits per heavy atom. The number of hydrogen-bond donors (Lipinski definition) is 1. The Labute approximate surface area is 162 Å². The number of benzene rings is 2. The Balaban J connectivity index is 1.85. The predicted octanol–water partition coefficient (Wildman–Crippen LogP) is 4.03. The van der Waals surface area contributed by atoms with Crippen molar-refractivity contribution in [3.8, 4) is 5.69 Å². The average Bonchev–Trinajstić information content (AvgIpc) is 3.09. The van der Waals surface area contributed by atoms with Crippen molar-refractivity contribution in [2.75, 3.05) is 0 Å². The fourth-order valence-electron chi connectivity index (χ4n) is 2.49. The van der Waals surface area contributed by atoms with Gasteiger partial charge in [0.25, 0.3) is 0 Å². The van der Waals surface area contributed by atoms with Crippen molar-refractivity contribution in [3.63, 3.8) is 0 Å². The molecule has 0 aliphatic rings. The highest BCUT2D eigenvalue weighted by Crippen LogP contribution is 2.25. The zero-order valence-electron chi connectivity index (χ0n) is 15.3. The van der Waals surface area contributed by atoms with Crippen LogP contribution in [-0.4, -0.2) is 20.7 Å². The first kappa shape index (κ1) is 19.1. The van der Waals surface area contributed by atoms with Crippen LogP contribution in [0.1, 0.15) is 30.3 Å². The second-order valence-electron chi connectivity index (χ2n) is 6.12. The maximum atomic E-state index is 13.1. The molecule has 3 aromatic rings. The van der Waals surface area contributed by atoms with Gasteiger partial charge in [0.15, 0.2) is 11.0 Å². The minimum absolute atomic E-state index is 0.0334. The minimum Gasteiger partial charge on any atom is -0.349 e. The summed E-state index contributed by atoms with van der Waals surface area (Å²) in [5.74, 6) is 1.03. The van der Waals surface area contributed by atoms with E-state index in [4.69, 9.17) is 0 Å². The van der Waals surface area contributed by atoms with Gasteiger partial charge in [-0.2, -0.15) is 0 Å². The van der Waals surface area contributed by atoms with E-state index in [1.165, 1.54) is 23.9 Å². The van der Waals surface area contributed by atoms with Crippen molar-refractivity contribution in [3.05, 3.63) is 71.3 Å². The second-order valence-corrected chi connectivity index (χ2v) is 7.06. The molecule has 27 heavy (non-hydrogen) atoms. The highest BCUT2D eigenvalue weighted by Gasteiger charge is 2.15. The van der Waals surface area contributed by atoms with Gasteiger partial charge < -0.3 is 5.32 Å². The van der Waals surface area contributed by atoms with E-state index in [1.54, 1.807) is 12.1 Å². The van der Waals surface area contributed by atoms with Crippen LogP contribution in [-0.2, 0) is 17.1 Å². The van der Waals surface area contributed by atoms with Crippen LogP contribution in [0.2, 0.25) is 0 Å². The van der Waals surface area contributed by atoms with E-state index in [1.807, 2.05) is 42.7 Å². The van der Waals surface area contributed by atoms with Crippen LogP contribution in [0.15, 0.2) is 53.7 Å². The molecule has 0 saturated carbocycles. The predicted molar refractivity (Wildman–Crippen MR) is 104 cm³/mol. The van der Waals surface area contributed by atoms with E-state index in [0.29, 0.717) is 24.5 Å². The summed E-state index contributed by atoms with van der Waals surface area (Å²) in [6, 6.07) is 14.5. The Morgan fingerprint density at radius 3 is 2.48 bits per heavy atom. The highest BCUT2D eigenvalue weighted by atomic mass is 32.2. The lowest BCUT2D eigenvalue weighted by atomic mass is 10.2. The topological polar surface area (TPSA) is 59.8 Å². The molecule has 2 aromatic carbocycles. The number of halogens is 1. The Kier molecular flexibility index (Phi) is 6.24. The van der Waals surface area contributed by atoms with Gasteiger partial charge in [-0.1, -0.05) is 48.5 Å². The smallest absolute Gasteiger partial charge is 0.220 e. The third-order valence-corrected chi connectivity index (χ3v) is 5.04. The first-order chi connectivity index (χ1) is 13.1. The number of carbonyl (C=O) groups excluding carboxylic acids is 1. The quantitative estimate of drug-likeness (QED) is 0.625. The number of hydrogen-bond acceptors (Lipinski definition) is 4. The molecular weight excluding hydrogens is 363 g/mol. The van der Waals surface area contributed by atoms with E-state index < -0.39 is 0 Å². The van der Waals surface area contributed by atoms with Crippen molar-refractivity contribution in [1.82, 2.24) is 20.1 Å². The number of carbonyl (C=O) groups is 1. The van der Waals surface area contributed by atoms with Gasteiger partial charge in [0, 0.05) is 17.9 Å². The molecule has 0 radical (unpaired) electrons. The molecule has 0 atom stereocenters. The van der Waals surface area contributed by atoms with Gasteiger partial charge in [0.1, 0.15) is 5.82 Å². The van der Waals surface area contributed by atoms with Gasteiger partial charge in [-0.15, -0.1) is 10.2 Å². The number of nitrogens with zero attached hydrogens (tertiary/aromatic N) is 3. The molecule has 3 rings (SSSR count). The van der Waals surface area contributed by atoms with Crippen molar-refractivity contribution < 1.29 is 9.18 Å². The van der Waals surface area contributed by atoms with Gasteiger partial charge >= 0.3 is 0 Å². The molecule has 1 aromatic heterocycles. The lowest BCUT2D eigenvalue weighted by Crippen LogP contribution is -2.23. The molecule has 0 aliphatic carbocycles. The SMILES string of the molecule is CCC(=O)NCc1nnc(SCc2ccc(F)cc2)n1-c1ccc(C)cc1. The van der Waals surface area contributed by atoms with E-state index in [0.717, 1.165) is 22.0 Å². The van der Waals surface area contributed by atoms with Crippen molar-refractivity contribution in [1.29, 1.82) is 0 Å². The first-order valence-electron chi connectivity index (χ1n) is 8.72. The van der Waals surface area contributed by atoms with Crippen LogP contribution in [0.25, 0.3) is 5.69 Å². The summed E-state index contributed by atoms with van der Waals surface area (Å²) >= 11 is 1.52. The summed E-state index contributed by atoms with van der Waals surface area (Å²) in [5, 5.41) is 12.1. The van der Waals surface area contributed by atoms with Crippen molar-refractivity contribution in [2.45, 2.75) is 37.7 Å². The standard InChI is InChI=1S/C20H21FN4OS/c1-3-19(26)22-12-18-23-24-20(25(18)17-10-4-14(2)5-11-17)27-13-15-6-8-16(21)9-7-15/h4-11H,3,12-13H2,1-2H3,(H,22,26). The minimum atomic E-state index is -0.250. The number of aromatic nitrogens is 3. The summed E-state index contributed by atoms with van der Waals surface area (Å²) in [4.78, 5) is 11.6. The molecule has 5 nitrogen and oxygen atoms in total. The largest absolute Gasteiger partial charge is 0.349 e. The molecule has 7 heteroatoms. The monoisotopic (exact) mass is 384 g/mol. The molecule has 0 unspecified atom stereocenters. The molecule has 0 saturated heterocycles. The van der Waals surface area contributed by atoms with Gasteiger partial charge in [0.05, 0.1) is 6.54 Å². The van der Waals surface area contributed by atoms with Crippen molar-refractivity contribution >= 4 is 17.7 Å². The number of rotatable bonds is 7. The number of nitrogens with one attached hydrogen (secondary N) is 1. The van der Waals surface area contributed by atoms with Crippen LogP contribution < -0.4 is 5.32 Å². The zero-order chi connectivity index (χ0) is 19.2. The summed E-state index contributed by atoms with van der Waals surface area (Å²) < 4.78 is 15.0. The molecule has 0 fully saturated rings. The highest BCUT2D eigenvalue weighted by molar-refractivity contribution is 7.98. The van der Waals surface area contributed by atoms with E-state index in [2.05, 4.69) is 15.5 Å². The number of thioether (sulfide) groups is 1. The molecule has 0 bridgehead atoms. The molecule has 1 amide bonds. The van der Waals surface area contributed by atoms with Crippen LogP contribution in [0.5, 0.6) is 0 Å². The summed E-state index contributed by atoms with van der Waals surface area (Å²) in [5.41, 5.74) is 3.10. The van der Waals surface area contributed by atoms with Crippen LogP contribution >= 0.6 is 11.8 Å². The summed E-state index contributed by atoms with van der Waals surface area (Å²) in [7, 11) is 0. The Morgan fingerprint density at radius 1 is 1.11 bits per heavy atom. The van der Waals surface area contributed by atoms with E-state index in [9.17, 15) is 9.18 Å². The third-order valence-electron chi connectivity index (χ3n) is 4.04. The lowest BCUT2D eigenvalue weighted by molar-refractivity contribution is -0.120. The lowest BCUT2D eigenvalue weighted by Gasteiger charge is -2.11. The molecule has 0 aliphatic heterocycles. The number of aryl methyl sites for hydroxylation is 1. The molecule has 1 heterocycles. The molecular formula is C20H21FN4OS. The molecule has 1 N–H and O–H groups in total. The normalized spacial score (nSPS) is 10.8. The first-order valence-corrected chi connectivity index (χ1v) is 9.70. The van der Waals surface area contributed by atoms with Gasteiger partial charge in [-0.3, -0.25) is 9.36 Å². The molecule has 140 valence electrons. The molecule has 0 spiro atoms. The second kappa shape index (κ2) is 8.81. The maximum Gasteiger partial charge on any atom is 0.220 e. The summed E-state index contributed by atoms with van der Waals surface area (Å²) in [6.45, 7) is 4.15. The van der Waals surface area contributed by atoms with Crippen LogP contribution in [0, 0.1) is 12.7 Å². The Hall–Kier alpha value is -2.67. The fourth-order valence-corrected chi connectivity index (χ4v) is 3.42. The average molecular weight is 384 g/mol. The fraction of sp³-hybridized carbons (Fsp3) is 0.250. The van der Waals surface area contributed by atoms with Gasteiger partial charge in [0.2, 0.25) is 5.91 Å². The Bertz CT molecular complexity index is 907. The third kappa shape index (κ3) is 4.95. The van der Waals surface area contributed by atoms with Crippen LogP contribution in [0.3, 0.4) is 0 Å². The van der Waals surface area contributed by atoms with Gasteiger partial charge in [-0.25, -0.2) is 4.39 Å². The zero-order valence-corrected chi connectivity index (χ0v) is 16.1. The van der Waals surface area contributed by atoms with Crippen LogP contribution in [0.4, 0.5) is 4.39 Å². The maximum absolute atomic E-state index is 13.1. The van der Waals surface area contributed by atoms with Crippen molar-refractivity contribution in [2.24, 2.45) is 0 Å². The van der Waals surface area contributed by atoms with Gasteiger partial charge in [-0.05, 0) is 36.8 Å². The van der Waals surface area contributed by atoms with E-state index in [-0.39, 0.29) is 11.7 Å². The summed E-state index contributed by atoms with van der Waals surface area (Å²) in [6.07, 6.45) is 0.421. The number of amides is 1.